The second-order valence-electron chi connectivity index (χ2n) is 8.67. The first-order valence-corrected chi connectivity index (χ1v) is 11.3. The van der Waals surface area contributed by atoms with Crippen LogP contribution in [0.1, 0.15) is 20.8 Å². The minimum absolute atomic E-state index is 0.609. The van der Waals surface area contributed by atoms with Gasteiger partial charge in [-0.2, -0.15) is 0 Å². The molecule has 16 nitrogen and oxygen atoms in total. The van der Waals surface area contributed by atoms with Crippen LogP contribution in [0.2, 0.25) is 0 Å². The van der Waals surface area contributed by atoms with Gasteiger partial charge in [-0.3, -0.25) is 14.4 Å². The molecule has 208 valence electrons. The van der Waals surface area contributed by atoms with Crippen LogP contribution in [0, 0.1) is 0 Å². The largest absolute Gasteiger partial charge is 0.480 e. The monoisotopic (exact) mass is 525 g/mol. The SMILES string of the molecule is CC(=O)NC1C(OC2C(CO)OC(O)C(N)C2OC(C)C(=O)NC(C)C(=O)O)OC(CO)C(O)C1O. The molecule has 2 fully saturated rings. The third-order valence-corrected chi connectivity index (χ3v) is 5.89. The van der Waals surface area contributed by atoms with E-state index in [9.17, 15) is 39.9 Å². The molecule has 0 aromatic rings. The van der Waals surface area contributed by atoms with Gasteiger partial charge in [0.05, 0.1) is 19.3 Å². The third kappa shape index (κ3) is 7.06. The number of nitrogens with two attached hydrogens (primary N) is 1. The molecule has 2 aliphatic rings. The molecule has 0 radical (unpaired) electrons. The lowest BCUT2D eigenvalue weighted by molar-refractivity contribution is -0.331. The minimum Gasteiger partial charge on any atom is -0.480 e. The predicted molar refractivity (Wildman–Crippen MR) is 116 cm³/mol. The van der Waals surface area contributed by atoms with Gasteiger partial charge in [0.15, 0.2) is 12.6 Å². The van der Waals surface area contributed by atoms with Crippen molar-refractivity contribution in [3.05, 3.63) is 0 Å². The molecular formula is C20H35N3O13. The first-order chi connectivity index (χ1) is 16.8. The molecule has 12 unspecified atom stereocenters. The standard InChI is InChI=1S/C20H35N3O13/c1-6(18(30)31)22-17(29)7(2)33-16-11(21)19(32)34-10(5-25)15(16)36-20-12(23-8(3)26)14(28)13(27)9(4-24)35-20/h6-7,9-16,19-20,24-25,27-28,32H,4-5,21H2,1-3H3,(H,22,29)(H,23,26)(H,30,31). The van der Waals surface area contributed by atoms with Crippen LogP contribution in [0.4, 0.5) is 0 Å². The summed E-state index contributed by atoms with van der Waals surface area (Å²) in [4.78, 5) is 35.1. The second kappa shape index (κ2) is 13.0. The van der Waals surface area contributed by atoms with E-state index in [1.165, 1.54) is 13.8 Å². The first kappa shape index (κ1) is 30.2. The lowest BCUT2D eigenvalue weighted by Crippen LogP contribution is -2.69. The van der Waals surface area contributed by atoms with Crippen molar-refractivity contribution in [2.75, 3.05) is 13.2 Å². The summed E-state index contributed by atoms with van der Waals surface area (Å²) in [6, 6.07) is -3.91. The number of carboxylic acids is 1. The van der Waals surface area contributed by atoms with Gasteiger partial charge in [-0.15, -0.1) is 0 Å². The highest BCUT2D eigenvalue weighted by atomic mass is 16.7. The van der Waals surface area contributed by atoms with E-state index in [-0.39, 0.29) is 0 Å². The number of hydrogen-bond donors (Lipinski definition) is 9. The van der Waals surface area contributed by atoms with Crippen LogP contribution >= 0.6 is 0 Å². The Morgan fingerprint density at radius 1 is 1.00 bits per heavy atom. The van der Waals surface area contributed by atoms with E-state index in [0.29, 0.717) is 0 Å². The molecule has 0 spiro atoms. The van der Waals surface area contributed by atoms with Crippen molar-refractivity contribution in [1.82, 2.24) is 10.6 Å². The van der Waals surface area contributed by atoms with Gasteiger partial charge < -0.3 is 66.0 Å². The number of rotatable bonds is 10. The zero-order chi connectivity index (χ0) is 27.3. The molecule has 2 aliphatic heterocycles. The summed E-state index contributed by atoms with van der Waals surface area (Å²) < 4.78 is 22.4. The van der Waals surface area contributed by atoms with Gasteiger partial charge in [-0.05, 0) is 13.8 Å². The molecule has 2 amide bonds. The molecule has 0 saturated carbocycles. The van der Waals surface area contributed by atoms with Crippen LogP contribution in [-0.2, 0) is 33.3 Å². The van der Waals surface area contributed by atoms with Crippen LogP contribution in [0.15, 0.2) is 0 Å². The third-order valence-electron chi connectivity index (χ3n) is 5.89. The topological polar surface area (TPSA) is 260 Å². The fourth-order valence-electron chi connectivity index (χ4n) is 3.85. The predicted octanol–water partition coefficient (Wildman–Crippen LogP) is -5.28. The van der Waals surface area contributed by atoms with Gasteiger partial charge in [0.2, 0.25) is 11.8 Å². The summed E-state index contributed by atoms with van der Waals surface area (Å²) in [7, 11) is 0. The van der Waals surface area contributed by atoms with Gasteiger partial charge >= 0.3 is 5.97 Å². The average molecular weight is 526 g/mol. The molecule has 12 atom stereocenters. The van der Waals surface area contributed by atoms with Gasteiger partial charge in [0.1, 0.15) is 54.8 Å². The number of aliphatic carboxylic acids is 1. The van der Waals surface area contributed by atoms with E-state index in [1.807, 2.05) is 0 Å². The van der Waals surface area contributed by atoms with E-state index in [2.05, 4.69) is 10.6 Å². The molecule has 2 heterocycles. The van der Waals surface area contributed by atoms with E-state index in [0.717, 1.165) is 6.92 Å². The maximum absolute atomic E-state index is 12.4. The number of amides is 2. The highest BCUT2D eigenvalue weighted by Gasteiger charge is 2.51. The van der Waals surface area contributed by atoms with Crippen molar-refractivity contribution in [3.63, 3.8) is 0 Å². The number of carboxylic acid groups (broad SMARTS) is 1. The van der Waals surface area contributed by atoms with Crippen molar-refractivity contribution >= 4 is 17.8 Å². The molecule has 16 heteroatoms. The van der Waals surface area contributed by atoms with Crippen LogP contribution in [-0.4, -0.2) is 135 Å². The number of aliphatic hydroxyl groups excluding tert-OH is 5. The van der Waals surface area contributed by atoms with Crippen molar-refractivity contribution in [2.24, 2.45) is 5.73 Å². The summed E-state index contributed by atoms with van der Waals surface area (Å²) >= 11 is 0. The number of nitrogens with one attached hydrogen (secondary N) is 2. The second-order valence-corrected chi connectivity index (χ2v) is 8.67. The van der Waals surface area contributed by atoms with E-state index < -0.39 is 104 Å². The Morgan fingerprint density at radius 3 is 2.14 bits per heavy atom. The maximum atomic E-state index is 12.4. The van der Waals surface area contributed by atoms with Crippen LogP contribution in [0.3, 0.4) is 0 Å². The normalized spacial score (nSPS) is 38.6. The number of hydrogen-bond acceptors (Lipinski definition) is 13. The van der Waals surface area contributed by atoms with Crippen molar-refractivity contribution in [1.29, 1.82) is 0 Å². The number of ether oxygens (including phenoxy) is 4. The molecule has 2 saturated heterocycles. The zero-order valence-electron chi connectivity index (χ0n) is 20.0. The van der Waals surface area contributed by atoms with E-state index in [1.54, 1.807) is 0 Å². The molecular weight excluding hydrogens is 490 g/mol. The Hall–Kier alpha value is -1.99. The summed E-state index contributed by atoms with van der Waals surface area (Å²) in [6.07, 6.45) is -13.1. The number of carbonyl (C=O) groups is 3. The molecule has 0 aromatic carbocycles. The zero-order valence-corrected chi connectivity index (χ0v) is 20.0. The van der Waals surface area contributed by atoms with Crippen molar-refractivity contribution in [3.8, 4) is 0 Å². The molecule has 36 heavy (non-hydrogen) atoms. The van der Waals surface area contributed by atoms with Crippen molar-refractivity contribution < 1.29 is 64.0 Å². The summed E-state index contributed by atoms with van der Waals surface area (Å²) in [6.45, 7) is 2.24. The van der Waals surface area contributed by atoms with E-state index >= 15 is 0 Å². The summed E-state index contributed by atoms with van der Waals surface area (Å²) in [5.74, 6) is -2.71. The number of carbonyl (C=O) groups excluding carboxylic acids is 2. The number of aliphatic hydroxyl groups is 5. The van der Waals surface area contributed by atoms with Gasteiger partial charge in [0.25, 0.3) is 0 Å². The Labute approximate surface area is 206 Å². The molecule has 2 rings (SSSR count). The lowest BCUT2D eigenvalue weighted by atomic mass is 9.94. The van der Waals surface area contributed by atoms with Crippen LogP contribution < -0.4 is 16.4 Å². The minimum atomic E-state index is -1.66. The fraction of sp³-hybridized carbons (Fsp3) is 0.850. The highest BCUT2D eigenvalue weighted by Crippen LogP contribution is 2.30. The smallest absolute Gasteiger partial charge is 0.325 e. The fourth-order valence-corrected chi connectivity index (χ4v) is 3.85. The van der Waals surface area contributed by atoms with Crippen LogP contribution in [0.5, 0.6) is 0 Å². The quantitative estimate of drug-likeness (QED) is 0.129. The van der Waals surface area contributed by atoms with Gasteiger partial charge in [0, 0.05) is 6.92 Å². The Kier molecular flexibility index (Phi) is 10.9. The Morgan fingerprint density at radius 2 is 1.61 bits per heavy atom. The summed E-state index contributed by atoms with van der Waals surface area (Å²) in [5, 5.41) is 63.9. The Balaban J connectivity index is 2.32. The van der Waals surface area contributed by atoms with Crippen LogP contribution in [0.25, 0.3) is 0 Å². The highest BCUT2D eigenvalue weighted by molar-refractivity contribution is 5.85. The average Bonchev–Trinajstić information content (AvgIpc) is 2.82. The van der Waals surface area contributed by atoms with Gasteiger partial charge in [-0.25, -0.2) is 0 Å². The summed E-state index contributed by atoms with van der Waals surface area (Å²) in [5.41, 5.74) is 6.02. The molecule has 10 N–H and O–H groups in total. The molecule has 0 bridgehead atoms. The Bertz CT molecular complexity index is 773. The van der Waals surface area contributed by atoms with E-state index in [4.69, 9.17) is 29.8 Å². The maximum Gasteiger partial charge on any atom is 0.325 e. The van der Waals surface area contributed by atoms with Gasteiger partial charge in [-0.1, -0.05) is 0 Å². The molecule has 0 aromatic heterocycles. The first-order valence-electron chi connectivity index (χ1n) is 11.3. The lowest BCUT2D eigenvalue weighted by Gasteiger charge is -2.48. The van der Waals surface area contributed by atoms with Crippen molar-refractivity contribution in [2.45, 2.75) is 94.2 Å². The molecule has 0 aliphatic carbocycles.